The molecule has 0 saturated heterocycles. The molecule has 0 aliphatic heterocycles. The SMILES string of the molecule is CC(=O)Nc1ccc(C(=O)OCc2csc(Nc3ccc(C)cc3)n2)cc1. The zero-order chi connectivity index (χ0) is 19.2. The smallest absolute Gasteiger partial charge is 0.338 e. The Morgan fingerprint density at radius 3 is 2.37 bits per heavy atom. The lowest BCUT2D eigenvalue weighted by atomic mass is 10.2. The van der Waals surface area contributed by atoms with Crippen molar-refractivity contribution >= 4 is 39.7 Å². The fourth-order valence-electron chi connectivity index (χ4n) is 2.31. The van der Waals surface area contributed by atoms with Gasteiger partial charge in [-0.05, 0) is 43.3 Å². The van der Waals surface area contributed by atoms with Crippen molar-refractivity contribution in [1.29, 1.82) is 0 Å². The molecule has 0 radical (unpaired) electrons. The van der Waals surface area contributed by atoms with E-state index in [4.69, 9.17) is 4.74 Å². The van der Waals surface area contributed by atoms with Gasteiger partial charge in [0.25, 0.3) is 0 Å². The lowest BCUT2D eigenvalue weighted by molar-refractivity contribution is -0.114. The highest BCUT2D eigenvalue weighted by Gasteiger charge is 2.10. The summed E-state index contributed by atoms with van der Waals surface area (Å²) in [5.74, 6) is -0.602. The molecule has 6 nitrogen and oxygen atoms in total. The second-order valence-corrected chi connectivity index (χ2v) is 6.83. The molecule has 1 heterocycles. The minimum Gasteiger partial charge on any atom is -0.456 e. The number of aryl methyl sites for hydroxylation is 1. The van der Waals surface area contributed by atoms with Crippen molar-refractivity contribution in [3.8, 4) is 0 Å². The average Bonchev–Trinajstić information content (AvgIpc) is 3.09. The minimum absolute atomic E-state index is 0.0956. The second-order valence-electron chi connectivity index (χ2n) is 5.97. The molecule has 0 spiro atoms. The van der Waals surface area contributed by atoms with Gasteiger partial charge >= 0.3 is 5.97 Å². The molecule has 1 aromatic heterocycles. The highest BCUT2D eigenvalue weighted by atomic mass is 32.1. The number of hydrogen-bond acceptors (Lipinski definition) is 6. The van der Waals surface area contributed by atoms with Gasteiger partial charge in [0, 0.05) is 23.7 Å². The van der Waals surface area contributed by atoms with Gasteiger partial charge in [0.15, 0.2) is 5.13 Å². The molecule has 2 aromatic carbocycles. The van der Waals surface area contributed by atoms with Crippen molar-refractivity contribution in [1.82, 2.24) is 4.98 Å². The number of thiazole rings is 1. The lowest BCUT2D eigenvalue weighted by Crippen LogP contribution is -2.08. The Hall–Kier alpha value is -3.19. The molecule has 0 atom stereocenters. The number of carbonyl (C=O) groups is 2. The number of anilines is 3. The summed E-state index contributed by atoms with van der Waals surface area (Å²) in [7, 11) is 0. The molecule has 7 heteroatoms. The van der Waals surface area contributed by atoms with Crippen molar-refractivity contribution in [2.45, 2.75) is 20.5 Å². The van der Waals surface area contributed by atoms with Gasteiger partial charge < -0.3 is 15.4 Å². The van der Waals surface area contributed by atoms with Gasteiger partial charge in [0.2, 0.25) is 5.91 Å². The molecule has 2 N–H and O–H groups in total. The van der Waals surface area contributed by atoms with E-state index in [2.05, 4.69) is 15.6 Å². The van der Waals surface area contributed by atoms with E-state index in [0.29, 0.717) is 16.9 Å². The molecule has 0 aliphatic carbocycles. The van der Waals surface area contributed by atoms with Crippen LogP contribution < -0.4 is 10.6 Å². The summed E-state index contributed by atoms with van der Waals surface area (Å²) in [6.45, 7) is 3.56. The van der Waals surface area contributed by atoms with E-state index < -0.39 is 5.97 Å². The molecule has 0 unspecified atom stereocenters. The van der Waals surface area contributed by atoms with E-state index in [-0.39, 0.29) is 12.5 Å². The van der Waals surface area contributed by atoms with Crippen LogP contribution >= 0.6 is 11.3 Å². The van der Waals surface area contributed by atoms with Crippen LogP contribution in [0.4, 0.5) is 16.5 Å². The van der Waals surface area contributed by atoms with Crippen molar-refractivity contribution in [2.75, 3.05) is 10.6 Å². The highest BCUT2D eigenvalue weighted by molar-refractivity contribution is 7.13. The third-order valence-electron chi connectivity index (χ3n) is 3.65. The molecular weight excluding hydrogens is 362 g/mol. The van der Waals surface area contributed by atoms with Crippen molar-refractivity contribution in [2.24, 2.45) is 0 Å². The monoisotopic (exact) mass is 381 g/mol. The van der Waals surface area contributed by atoms with Crippen LogP contribution in [0.5, 0.6) is 0 Å². The van der Waals surface area contributed by atoms with Crippen LogP contribution in [0.2, 0.25) is 0 Å². The Balaban J connectivity index is 1.54. The van der Waals surface area contributed by atoms with E-state index in [0.717, 1.165) is 10.8 Å². The molecule has 0 aliphatic rings. The van der Waals surface area contributed by atoms with Crippen molar-refractivity contribution in [3.63, 3.8) is 0 Å². The van der Waals surface area contributed by atoms with Crippen LogP contribution in [-0.2, 0) is 16.1 Å². The standard InChI is InChI=1S/C20H19N3O3S/c1-13-3-7-17(8-4-13)22-20-23-18(12-27-20)11-26-19(25)15-5-9-16(10-6-15)21-14(2)24/h3-10,12H,11H2,1-2H3,(H,21,24)(H,22,23). The normalized spacial score (nSPS) is 10.3. The fraction of sp³-hybridized carbons (Fsp3) is 0.150. The van der Waals surface area contributed by atoms with Crippen LogP contribution in [0.1, 0.15) is 28.5 Å². The first-order chi connectivity index (χ1) is 13.0. The van der Waals surface area contributed by atoms with E-state index in [9.17, 15) is 9.59 Å². The zero-order valence-corrected chi connectivity index (χ0v) is 15.8. The van der Waals surface area contributed by atoms with Crippen LogP contribution in [0.15, 0.2) is 53.9 Å². The molecule has 0 fully saturated rings. The predicted molar refractivity (Wildman–Crippen MR) is 106 cm³/mol. The summed E-state index contributed by atoms with van der Waals surface area (Å²) in [6.07, 6.45) is 0. The van der Waals surface area contributed by atoms with Gasteiger partial charge in [-0.3, -0.25) is 4.79 Å². The quantitative estimate of drug-likeness (QED) is 0.614. The molecule has 0 bridgehead atoms. The number of nitrogens with one attached hydrogen (secondary N) is 2. The number of carbonyl (C=O) groups excluding carboxylic acids is 2. The van der Waals surface area contributed by atoms with Crippen molar-refractivity contribution < 1.29 is 14.3 Å². The average molecular weight is 381 g/mol. The summed E-state index contributed by atoms with van der Waals surface area (Å²) in [5, 5.41) is 8.46. The summed E-state index contributed by atoms with van der Waals surface area (Å²) >= 11 is 1.45. The first-order valence-electron chi connectivity index (χ1n) is 8.32. The molecular formula is C20H19N3O3S. The van der Waals surface area contributed by atoms with Gasteiger partial charge in [0.1, 0.15) is 6.61 Å². The summed E-state index contributed by atoms with van der Waals surface area (Å²) in [6, 6.07) is 14.6. The van der Waals surface area contributed by atoms with Crippen LogP contribution in [0, 0.1) is 6.92 Å². The number of benzene rings is 2. The molecule has 138 valence electrons. The second kappa shape index (κ2) is 8.46. The van der Waals surface area contributed by atoms with Crippen LogP contribution in [0.3, 0.4) is 0 Å². The van der Waals surface area contributed by atoms with Gasteiger partial charge in [-0.1, -0.05) is 17.7 Å². The number of aromatic nitrogens is 1. The summed E-state index contributed by atoms with van der Waals surface area (Å²) < 4.78 is 5.30. The Morgan fingerprint density at radius 2 is 1.70 bits per heavy atom. The zero-order valence-electron chi connectivity index (χ0n) is 15.0. The van der Waals surface area contributed by atoms with Gasteiger partial charge in [0.05, 0.1) is 11.3 Å². The summed E-state index contributed by atoms with van der Waals surface area (Å²) in [4.78, 5) is 27.6. The molecule has 0 saturated carbocycles. The van der Waals surface area contributed by atoms with E-state index in [1.54, 1.807) is 24.3 Å². The molecule has 27 heavy (non-hydrogen) atoms. The van der Waals surface area contributed by atoms with Crippen molar-refractivity contribution in [3.05, 3.63) is 70.7 Å². The highest BCUT2D eigenvalue weighted by Crippen LogP contribution is 2.22. The Kier molecular flexibility index (Phi) is 5.83. The Morgan fingerprint density at radius 1 is 1.04 bits per heavy atom. The van der Waals surface area contributed by atoms with Gasteiger partial charge in [-0.2, -0.15) is 0 Å². The number of rotatable bonds is 6. The number of ether oxygens (including phenoxy) is 1. The Bertz CT molecular complexity index is 934. The van der Waals surface area contributed by atoms with Crippen LogP contribution in [0.25, 0.3) is 0 Å². The van der Waals surface area contributed by atoms with Crippen LogP contribution in [-0.4, -0.2) is 16.9 Å². The minimum atomic E-state index is -0.439. The lowest BCUT2D eigenvalue weighted by Gasteiger charge is -2.05. The van der Waals surface area contributed by atoms with Gasteiger partial charge in [-0.15, -0.1) is 11.3 Å². The number of amides is 1. The first-order valence-corrected chi connectivity index (χ1v) is 9.20. The fourth-order valence-corrected chi connectivity index (χ4v) is 3.02. The molecule has 3 aromatic rings. The third kappa shape index (κ3) is 5.39. The first kappa shape index (κ1) is 18.6. The maximum atomic E-state index is 12.1. The van der Waals surface area contributed by atoms with E-state index in [1.807, 2.05) is 36.6 Å². The Labute approximate surface area is 161 Å². The predicted octanol–water partition coefficient (Wildman–Crippen LogP) is 4.51. The molecule has 1 amide bonds. The number of nitrogens with zero attached hydrogens (tertiary/aromatic N) is 1. The topological polar surface area (TPSA) is 80.3 Å². The van der Waals surface area contributed by atoms with E-state index in [1.165, 1.54) is 23.8 Å². The number of esters is 1. The molecule has 3 rings (SSSR count). The number of hydrogen-bond donors (Lipinski definition) is 2. The third-order valence-corrected chi connectivity index (χ3v) is 4.45. The maximum absolute atomic E-state index is 12.1. The maximum Gasteiger partial charge on any atom is 0.338 e. The van der Waals surface area contributed by atoms with E-state index >= 15 is 0 Å². The van der Waals surface area contributed by atoms with Gasteiger partial charge in [-0.25, -0.2) is 9.78 Å². The summed E-state index contributed by atoms with van der Waals surface area (Å²) in [5.41, 5.74) is 3.87. The largest absolute Gasteiger partial charge is 0.456 e.